The molecule has 1 aromatic heterocycles. The second kappa shape index (κ2) is 3.71. The molecule has 4 nitrogen and oxygen atoms in total. The van der Waals surface area contributed by atoms with Gasteiger partial charge in [-0.3, -0.25) is 4.79 Å². The van der Waals surface area contributed by atoms with Gasteiger partial charge in [-0.15, -0.1) is 0 Å². The average Bonchev–Trinajstić information content (AvgIpc) is 2.57. The summed E-state index contributed by atoms with van der Waals surface area (Å²) in [7, 11) is 0. The predicted octanol–water partition coefficient (Wildman–Crippen LogP) is 2.13. The lowest BCUT2D eigenvalue weighted by atomic mass is 10.3. The summed E-state index contributed by atoms with van der Waals surface area (Å²) in [6.45, 7) is 1.36. The number of hydrogen-bond donors (Lipinski definition) is 1. The molecule has 0 spiro atoms. The van der Waals surface area contributed by atoms with Crippen LogP contribution >= 0.6 is 12.0 Å². The van der Waals surface area contributed by atoms with Crippen molar-refractivity contribution >= 4 is 29.0 Å². The van der Waals surface area contributed by atoms with Crippen LogP contribution in [0.1, 0.15) is 6.92 Å². The Kier molecular flexibility index (Phi) is 2.41. The van der Waals surface area contributed by atoms with Gasteiger partial charge in [-0.05, 0) is 12.1 Å². The van der Waals surface area contributed by atoms with Crippen molar-refractivity contribution in [2.24, 2.45) is 0 Å². The van der Waals surface area contributed by atoms with Crippen molar-refractivity contribution in [2.75, 3.05) is 0 Å². The van der Waals surface area contributed by atoms with Gasteiger partial charge < -0.3 is 9.17 Å². The van der Waals surface area contributed by atoms with Gasteiger partial charge in [-0.1, -0.05) is 12.1 Å². The molecule has 0 fully saturated rings. The zero-order valence-electron chi connectivity index (χ0n) is 7.48. The van der Waals surface area contributed by atoms with Gasteiger partial charge in [0.25, 0.3) is 0 Å². The topological polar surface area (TPSA) is 55.0 Å². The fourth-order valence-electron chi connectivity index (χ4n) is 1.07. The summed E-state index contributed by atoms with van der Waals surface area (Å²) in [6, 6.07) is 7.63. The largest absolute Gasteiger partial charge is 0.383 e. The highest BCUT2D eigenvalue weighted by molar-refractivity contribution is 7.94. The number of benzene rings is 1. The van der Waals surface area contributed by atoms with Crippen molar-refractivity contribution in [1.29, 1.82) is 0 Å². The number of aromatic amines is 1. The zero-order valence-corrected chi connectivity index (χ0v) is 8.30. The number of H-pyrrole nitrogens is 1. The number of nitrogens with zero attached hydrogens (tertiary/aromatic N) is 1. The van der Waals surface area contributed by atoms with Crippen LogP contribution in [0.3, 0.4) is 0 Å². The molecular weight excluding hydrogens is 200 g/mol. The molecule has 0 aliphatic carbocycles. The first kappa shape index (κ1) is 9.08. The van der Waals surface area contributed by atoms with Crippen LogP contribution in [0.25, 0.3) is 11.0 Å². The lowest BCUT2D eigenvalue weighted by Crippen LogP contribution is -1.89. The molecule has 0 unspecified atom stereocenters. The second-order valence-corrected chi connectivity index (χ2v) is 3.44. The third-order valence-corrected chi connectivity index (χ3v) is 2.27. The molecule has 0 atom stereocenters. The van der Waals surface area contributed by atoms with Gasteiger partial charge in [-0.2, -0.15) is 0 Å². The van der Waals surface area contributed by atoms with Crippen LogP contribution < -0.4 is 0 Å². The highest BCUT2D eigenvalue weighted by atomic mass is 32.2. The number of hydrogen-bond acceptors (Lipinski definition) is 4. The van der Waals surface area contributed by atoms with Gasteiger partial charge >= 0.3 is 5.97 Å². The van der Waals surface area contributed by atoms with Crippen molar-refractivity contribution in [3.05, 3.63) is 24.3 Å². The minimum atomic E-state index is -0.338. The maximum Gasteiger partial charge on any atom is 0.315 e. The summed E-state index contributed by atoms with van der Waals surface area (Å²) in [4.78, 5) is 17.8. The van der Waals surface area contributed by atoms with Crippen molar-refractivity contribution in [2.45, 2.75) is 12.1 Å². The summed E-state index contributed by atoms with van der Waals surface area (Å²) in [6.07, 6.45) is 0. The lowest BCUT2D eigenvalue weighted by Gasteiger charge is -1.92. The monoisotopic (exact) mass is 208 g/mol. The number of carbonyl (C=O) groups excluding carboxylic acids is 1. The fraction of sp³-hybridized carbons (Fsp3) is 0.111. The number of nitrogens with one attached hydrogen (secondary N) is 1. The van der Waals surface area contributed by atoms with Crippen LogP contribution in [0, 0.1) is 0 Å². The number of carbonyl (C=O) groups is 1. The van der Waals surface area contributed by atoms with E-state index in [0.29, 0.717) is 5.16 Å². The first-order valence-corrected chi connectivity index (χ1v) is 4.80. The van der Waals surface area contributed by atoms with Gasteiger partial charge in [0.1, 0.15) is 12.0 Å². The number of para-hydroxylation sites is 2. The highest BCUT2D eigenvalue weighted by Crippen LogP contribution is 2.19. The Hall–Kier alpha value is -1.49. The van der Waals surface area contributed by atoms with Crippen LogP contribution in [0.15, 0.2) is 29.4 Å². The third kappa shape index (κ3) is 1.88. The summed E-state index contributed by atoms with van der Waals surface area (Å²) >= 11 is 0.938. The van der Waals surface area contributed by atoms with Crippen molar-refractivity contribution < 1.29 is 8.98 Å². The Labute approximate surface area is 84.9 Å². The molecule has 2 rings (SSSR count). The van der Waals surface area contributed by atoms with Crippen molar-refractivity contribution in [3.8, 4) is 0 Å². The Morgan fingerprint density at radius 1 is 1.50 bits per heavy atom. The van der Waals surface area contributed by atoms with Gasteiger partial charge in [0.15, 0.2) is 0 Å². The minimum absolute atomic E-state index is 0.338. The molecule has 5 heteroatoms. The van der Waals surface area contributed by atoms with Gasteiger partial charge in [0.05, 0.1) is 11.0 Å². The quantitative estimate of drug-likeness (QED) is 0.768. The molecule has 0 radical (unpaired) electrons. The normalized spacial score (nSPS) is 10.4. The van der Waals surface area contributed by atoms with Crippen molar-refractivity contribution in [1.82, 2.24) is 9.97 Å². The maximum atomic E-state index is 10.5. The zero-order chi connectivity index (χ0) is 9.97. The Morgan fingerprint density at radius 2 is 2.29 bits per heavy atom. The molecule has 1 heterocycles. The predicted molar refractivity (Wildman–Crippen MR) is 53.7 cm³/mol. The van der Waals surface area contributed by atoms with E-state index < -0.39 is 0 Å². The molecule has 0 amide bonds. The van der Waals surface area contributed by atoms with Crippen molar-refractivity contribution in [3.63, 3.8) is 0 Å². The molecule has 14 heavy (non-hydrogen) atoms. The first-order chi connectivity index (χ1) is 6.75. The standard InChI is InChI=1S/C9H8N2O2S/c1-6(12)13-14-9-10-7-4-2-3-5-8(7)11-9/h2-5H,1H3,(H,10,11). The summed E-state index contributed by atoms with van der Waals surface area (Å²) < 4.78 is 4.74. The summed E-state index contributed by atoms with van der Waals surface area (Å²) in [5, 5.41) is 0.585. The van der Waals surface area contributed by atoms with Crippen LogP contribution in [-0.4, -0.2) is 15.9 Å². The Bertz CT molecular complexity index is 434. The van der Waals surface area contributed by atoms with E-state index in [2.05, 4.69) is 9.97 Å². The second-order valence-electron chi connectivity index (χ2n) is 2.72. The summed E-state index contributed by atoms with van der Waals surface area (Å²) in [5.41, 5.74) is 1.80. The van der Waals surface area contributed by atoms with E-state index >= 15 is 0 Å². The smallest absolute Gasteiger partial charge is 0.315 e. The van der Waals surface area contributed by atoms with E-state index in [1.54, 1.807) is 0 Å². The first-order valence-electron chi connectivity index (χ1n) is 4.05. The molecule has 0 aliphatic heterocycles. The van der Waals surface area contributed by atoms with Gasteiger partial charge in [0.2, 0.25) is 5.16 Å². The highest BCUT2D eigenvalue weighted by Gasteiger charge is 2.04. The molecule has 1 aromatic carbocycles. The SMILES string of the molecule is CC(=O)OSc1nc2ccccc2[nH]1. The lowest BCUT2D eigenvalue weighted by molar-refractivity contribution is -0.130. The third-order valence-electron chi connectivity index (χ3n) is 1.61. The van der Waals surface area contributed by atoms with E-state index in [0.717, 1.165) is 23.1 Å². The molecule has 0 aliphatic rings. The van der Waals surface area contributed by atoms with Crippen LogP contribution in [0.2, 0.25) is 0 Å². The van der Waals surface area contributed by atoms with E-state index in [4.69, 9.17) is 4.18 Å². The summed E-state index contributed by atoms with van der Waals surface area (Å²) in [5.74, 6) is -0.338. The molecule has 0 saturated heterocycles. The number of fused-ring (bicyclic) bond motifs is 1. The Balaban J connectivity index is 2.22. The minimum Gasteiger partial charge on any atom is -0.383 e. The van der Waals surface area contributed by atoms with Crippen LogP contribution in [0.4, 0.5) is 0 Å². The molecule has 0 bridgehead atoms. The molecule has 2 aromatic rings. The number of rotatable bonds is 2. The Morgan fingerprint density at radius 3 is 3.00 bits per heavy atom. The van der Waals surface area contributed by atoms with Crippen LogP contribution in [-0.2, 0) is 8.98 Å². The molecule has 0 saturated carbocycles. The van der Waals surface area contributed by atoms with E-state index in [1.165, 1.54) is 6.92 Å². The van der Waals surface area contributed by atoms with E-state index in [-0.39, 0.29) is 5.97 Å². The fourth-order valence-corrected chi connectivity index (χ4v) is 1.55. The van der Waals surface area contributed by atoms with E-state index in [1.807, 2.05) is 24.3 Å². The average molecular weight is 208 g/mol. The molecular formula is C9H8N2O2S. The molecule has 1 N–H and O–H groups in total. The van der Waals surface area contributed by atoms with Gasteiger partial charge in [0, 0.05) is 6.92 Å². The number of aromatic nitrogens is 2. The van der Waals surface area contributed by atoms with Gasteiger partial charge in [-0.25, -0.2) is 4.98 Å². The van der Waals surface area contributed by atoms with E-state index in [9.17, 15) is 4.79 Å². The maximum absolute atomic E-state index is 10.5. The number of imidazole rings is 1. The molecule has 72 valence electrons. The van der Waals surface area contributed by atoms with Crippen LogP contribution in [0.5, 0.6) is 0 Å².